The molecule has 3 aromatic rings. The van der Waals surface area contributed by atoms with E-state index in [0.29, 0.717) is 5.69 Å². The predicted molar refractivity (Wildman–Crippen MR) is 125 cm³/mol. The van der Waals surface area contributed by atoms with Crippen molar-refractivity contribution in [3.63, 3.8) is 0 Å². The first kappa shape index (κ1) is 25.4. The van der Waals surface area contributed by atoms with Crippen LogP contribution in [-0.4, -0.2) is 60.2 Å². The summed E-state index contributed by atoms with van der Waals surface area (Å²) in [5.41, 5.74) is 0.694. The molecule has 0 atom stereocenters. The van der Waals surface area contributed by atoms with Crippen molar-refractivity contribution in [3.8, 4) is 11.3 Å². The Bertz CT molecular complexity index is 1330. The Morgan fingerprint density at radius 1 is 1.03 bits per heavy atom. The number of sulfone groups is 1. The lowest BCUT2D eigenvalue weighted by Gasteiger charge is -2.31. The number of aromatic amines is 1. The second kappa shape index (κ2) is 10.1. The highest BCUT2D eigenvalue weighted by molar-refractivity contribution is 7.92. The summed E-state index contributed by atoms with van der Waals surface area (Å²) in [7, 11) is -3.84. The third-order valence-electron chi connectivity index (χ3n) is 6.04. The molecule has 2 amide bonds. The number of hydrogen-bond acceptors (Lipinski definition) is 5. The van der Waals surface area contributed by atoms with Gasteiger partial charge in [0.25, 0.3) is 5.91 Å². The van der Waals surface area contributed by atoms with Crippen LogP contribution in [0.2, 0.25) is 0 Å². The van der Waals surface area contributed by atoms with Crippen LogP contribution in [0.3, 0.4) is 0 Å². The van der Waals surface area contributed by atoms with Gasteiger partial charge in [-0.05, 0) is 43.2 Å². The van der Waals surface area contributed by atoms with Crippen LogP contribution in [0.4, 0.5) is 13.2 Å². The number of hydrogen-bond donors (Lipinski definition) is 2. The van der Waals surface area contributed by atoms with Crippen LogP contribution in [0.25, 0.3) is 11.3 Å². The maximum atomic E-state index is 12.9. The molecule has 2 N–H and O–H groups in total. The van der Waals surface area contributed by atoms with Crippen LogP contribution in [-0.2, 0) is 20.8 Å². The molecule has 1 fully saturated rings. The van der Waals surface area contributed by atoms with Crippen LogP contribution in [0.15, 0.2) is 65.6 Å². The van der Waals surface area contributed by atoms with Gasteiger partial charge in [-0.2, -0.15) is 18.3 Å². The summed E-state index contributed by atoms with van der Waals surface area (Å²) in [6.07, 6.45) is -4.26. The number of aromatic nitrogens is 2. The minimum absolute atomic E-state index is 0.143. The van der Waals surface area contributed by atoms with Crippen molar-refractivity contribution >= 4 is 21.7 Å². The van der Waals surface area contributed by atoms with E-state index in [4.69, 9.17) is 0 Å². The monoisotopic (exact) mass is 520 g/mol. The lowest BCUT2D eigenvalue weighted by Crippen LogP contribution is -2.46. The Morgan fingerprint density at radius 2 is 1.67 bits per heavy atom. The molecule has 2 heterocycles. The van der Waals surface area contributed by atoms with Crippen molar-refractivity contribution in [2.75, 3.05) is 19.6 Å². The maximum absolute atomic E-state index is 12.9. The number of H-pyrrole nitrogens is 1. The minimum atomic E-state index is -4.55. The number of nitrogens with one attached hydrogen (secondary N) is 2. The van der Waals surface area contributed by atoms with Gasteiger partial charge in [-0.15, -0.1) is 0 Å². The van der Waals surface area contributed by atoms with Crippen molar-refractivity contribution in [3.05, 3.63) is 71.9 Å². The Balaban J connectivity index is 1.29. The molecule has 190 valence electrons. The van der Waals surface area contributed by atoms with Gasteiger partial charge in [-0.1, -0.05) is 30.3 Å². The standard InChI is InChI=1S/C24H23F3N4O4S/c25-24(26,27)17-6-8-18(9-7-17)36(34,35)19-10-12-31(13-11-19)22(32)15-28-23(33)21-14-20(29-30-21)16-4-2-1-3-5-16/h1-9,14,19H,10-13,15H2,(H,28,33)(H,29,30). The number of carbonyl (C=O) groups excluding carboxylic acids is 2. The first-order valence-corrected chi connectivity index (χ1v) is 12.7. The summed E-state index contributed by atoms with van der Waals surface area (Å²) in [5, 5.41) is 8.47. The number of amides is 2. The van der Waals surface area contributed by atoms with Crippen LogP contribution >= 0.6 is 0 Å². The first-order valence-electron chi connectivity index (χ1n) is 11.1. The molecule has 0 aliphatic carbocycles. The van der Waals surface area contributed by atoms with Gasteiger partial charge < -0.3 is 10.2 Å². The van der Waals surface area contributed by atoms with Gasteiger partial charge in [0.2, 0.25) is 5.91 Å². The van der Waals surface area contributed by atoms with E-state index in [1.807, 2.05) is 30.3 Å². The summed E-state index contributed by atoms with van der Waals surface area (Å²) >= 11 is 0. The van der Waals surface area contributed by atoms with Gasteiger partial charge in [-0.25, -0.2) is 8.42 Å². The summed E-state index contributed by atoms with van der Waals surface area (Å²) in [6, 6.07) is 14.3. The molecule has 0 radical (unpaired) electrons. The molecule has 1 aliphatic rings. The Kier molecular flexibility index (Phi) is 7.16. The molecule has 1 aliphatic heterocycles. The molecule has 0 bridgehead atoms. The SMILES string of the molecule is O=C(NCC(=O)N1CCC(S(=O)(=O)c2ccc(C(F)(F)F)cc2)CC1)c1cc(-c2ccccc2)n[nH]1. The zero-order chi connectivity index (χ0) is 25.9. The van der Waals surface area contributed by atoms with E-state index >= 15 is 0 Å². The van der Waals surface area contributed by atoms with Crippen LogP contribution in [0.5, 0.6) is 0 Å². The van der Waals surface area contributed by atoms with Gasteiger partial charge in [0.15, 0.2) is 9.84 Å². The minimum Gasteiger partial charge on any atom is -0.342 e. The van der Waals surface area contributed by atoms with Crippen molar-refractivity contribution in [1.82, 2.24) is 20.4 Å². The number of alkyl halides is 3. The number of nitrogens with zero attached hydrogens (tertiary/aromatic N) is 2. The second-order valence-electron chi connectivity index (χ2n) is 8.36. The highest BCUT2D eigenvalue weighted by atomic mass is 32.2. The van der Waals surface area contributed by atoms with E-state index in [0.717, 1.165) is 29.8 Å². The second-order valence-corrected chi connectivity index (χ2v) is 10.6. The quantitative estimate of drug-likeness (QED) is 0.518. The fourth-order valence-corrected chi connectivity index (χ4v) is 5.73. The van der Waals surface area contributed by atoms with Crippen molar-refractivity contribution in [2.24, 2.45) is 0 Å². The molecule has 0 saturated carbocycles. The molecular weight excluding hydrogens is 497 g/mol. The molecule has 2 aromatic carbocycles. The Morgan fingerprint density at radius 3 is 2.28 bits per heavy atom. The van der Waals surface area contributed by atoms with E-state index in [1.54, 1.807) is 6.07 Å². The number of likely N-dealkylation sites (tertiary alicyclic amines) is 1. The van der Waals surface area contributed by atoms with Crippen LogP contribution < -0.4 is 5.32 Å². The highest BCUT2D eigenvalue weighted by Gasteiger charge is 2.34. The van der Waals surface area contributed by atoms with Gasteiger partial charge in [-0.3, -0.25) is 14.7 Å². The normalized spacial score (nSPS) is 15.0. The van der Waals surface area contributed by atoms with E-state index in [-0.39, 0.29) is 49.0 Å². The molecule has 1 saturated heterocycles. The third kappa shape index (κ3) is 5.59. The molecule has 12 heteroatoms. The summed E-state index contributed by atoms with van der Waals surface area (Å²) < 4.78 is 64.0. The van der Waals surface area contributed by atoms with Gasteiger partial charge in [0.1, 0.15) is 5.69 Å². The van der Waals surface area contributed by atoms with Crippen molar-refractivity contribution in [1.29, 1.82) is 0 Å². The fraction of sp³-hybridized carbons (Fsp3) is 0.292. The molecule has 4 rings (SSSR count). The fourth-order valence-electron chi connectivity index (χ4n) is 4.00. The summed E-state index contributed by atoms with van der Waals surface area (Å²) in [5.74, 6) is -0.866. The average Bonchev–Trinajstić information content (AvgIpc) is 3.38. The largest absolute Gasteiger partial charge is 0.416 e. The maximum Gasteiger partial charge on any atom is 0.416 e. The van der Waals surface area contributed by atoms with Gasteiger partial charge in [0.05, 0.1) is 27.9 Å². The van der Waals surface area contributed by atoms with E-state index in [9.17, 15) is 31.2 Å². The van der Waals surface area contributed by atoms with Crippen LogP contribution in [0.1, 0.15) is 28.9 Å². The average molecular weight is 521 g/mol. The molecule has 0 spiro atoms. The van der Waals surface area contributed by atoms with Crippen LogP contribution in [0, 0.1) is 0 Å². The summed E-state index contributed by atoms with van der Waals surface area (Å²) in [4.78, 5) is 26.2. The number of halogens is 3. The van der Waals surface area contributed by atoms with E-state index in [1.165, 1.54) is 4.90 Å². The van der Waals surface area contributed by atoms with Crippen molar-refractivity contribution in [2.45, 2.75) is 29.2 Å². The lowest BCUT2D eigenvalue weighted by molar-refractivity contribution is -0.137. The number of piperidine rings is 1. The first-order chi connectivity index (χ1) is 17.1. The topological polar surface area (TPSA) is 112 Å². The molecule has 36 heavy (non-hydrogen) atoms. The van der Waals surface area contributed by atoms with Crippen molar-refractivity contribution < 1.29 is 31.2 Å². The molecule has 0 unspecified atom stereocenters. The summed E-state index contributed by atoms with van der Waals surface area (Å²) in [6.45, 7) is 0.0394. The molecule has 1 aromatic heterocycles. The Labute approximate surface area is 205 Å². The zero-order valence-corrected chi connectivity index (χ0v) is 19.8. The number of rotatable bonds is 6. The molecular formula is C24H23F3N4O4S. The van der Waals surface area contributed by atoms with E-state index in [2.05, 4.69) is 15.5 Å². The Hall–Kier alpha value is -3.67. The third-order valence-corrected chi connectivity index (χ3v) is 8.31. The van der Waals surface area contributed by atoms with E-state index < -0.39 is 32.7 Å². The smallest absolute Gasteiger partial charge is 0.342 e. The number of benzene rings is 2. The lowest BCUT2D eigenvalue weighted by atomic mass is 10.1. The molecule has 8 nitrogen and oxygen atoms in total. The predicted octanol–water partition coefficient (Wildman–Crippen LogP) is 3.29. The highest BCUT2D eigenvalue weighted by Crippen LogP contribution is 2.31. The zero-order valence-electron chi connectivity index (χ0n) is 19.0. The van der Waals surface area contributed by atoms with Gasteiger partial charge in [0, 0.05) is 18.7 Å². The number of carbonyl (C=O) groups is 2. The van der Waals surface area contributed by atoms with Gasteiger partial charge >= 0.3 is 6.18 Å².